The van der Waals surface area contributed by atoms with Gasteiger partial charge in [-0.2, -0.15) is 0 Å². The molecular weight excluding hydrogens is 214 g/mol. The number of nitrogens with zero attached hydrogens (tertiary/aromatic N) is 1. The van der Waals surface area contributed by atoms with E-state index >= 15 is 0 Å². The van der Waals surface area contributed by atoms with Crippen molar-refractivity contribution in [2.24, 2.45) is 11.8 Å². The van der Waals surface area contributed by atoms with Crippen LogP contribution in [0.2, 0.25) is 0 Å². The number of amides is 1. The van der Waals surface area contributed by atoms with Crippen LogP contribution in [0, 0.1) is 11.8 Å². The summed E-state index contributed by atoms with van der Waals surface area (Å²) in [6.45, 7) is 3.02. The molecule has 0 aromatic carbocycles. The maximum atomic E-state index is 11.9. The Bertz CT molecular complexity index is 405. The molecule has 92 valence electrons. The Morgan fingerprint density at radius 1 is 1.59 bits per heavy atom. The average Bonchev–Trinajstić information content (AvgIpc) is 2.73. The quantitative estimate of drug-likeness (QED) is 0.837. The third-order valence-corrected chi connectivity index (χ3v) is 3.45. The highest BCUT2D eigenvalue weighted by molar-refractivity contribution is 5.98. The summed E-state index contributed by atoms with van der Waals surface area (Å²) >= 11 is 0. The first-order valence-electron chi connectivity index (χ1n) is 6.14. The van der Waals surface area contributed by atoms with Crippen molar-refractivity contribution >= 4 is 11.6 Å². The minimum absolute atomic E-state index is 0.0931. The van der Waals surface area contributed by atoms with E-state index < -0.39 is 0 Å². The van der Waals surface area contributed by atoms with Crippen molar-refractivity contribution in [1.29, 1.82) is 0 Å². The maximum Gasteiger partial charge on any atom is 0.253 e. The van der Waals surface area contributed by atoms with Crippen molar-refractivity contribution in [3.8, 4) is 0 Å². The SMILES string of the molecule is CC1CCC(CNC(=O)c2ccncc2N)C1. The first-order chi connectivity index (χ1) is 8.16. The number of carbonyl (C=O) groups is 1. The van der Waals surface area contributed by atoms with Gasteiger partial charge in [-0.15, -0.1) is 0 Å². The predicted octanol–water partition coefficient (Wildman–Crippen LogP) is 1.83. The third-order valence-electron chi connectivity index (χ3n) is 3.45. The molecule has 1 aromatic rings. The summed E-state index contributed by atoms with van der Waals surface area (Å²) in [5.41, 5.74) is 6.66. The monoisotopic (exact) mass is 233 g/mol. The molecule has 0 aliphatic heterocycles. The van der Waals surface area contributed by atoms with Crippen LogP contribution in [0.4, 0.5) is 5.69 Å². The van der Waals surface area contributed by atoms with Gasteiger partial charge >= 0.3 is 0 Å². The standard InChI is InChI=1S/C13H19N3O/c1-9-2-3-10(6-9)7-16-13(17)11-4-5-15-8-12(11)14/h4-5,8-10H,2-3,6-7,14H2,1H3,(H,16,17). The van der Waals surface area contributed by atoms with Gasteiger partial charge in [-0.05, 0) is 30.7 Å². The molecule has 3 N–H and O–H groups in total. The lowest BCUT2D eigenvalue weighted by atomic mass is 10.1. The predicted molar refractivity (Wildman–Crippen MR) is 67.5 cm³/mol. The van der Waals surface area contributed by atoms with Gasteiger partial charge in [0.15, 0.2) is 0 Å². The molecule has 4 heteroatoms. The van der Waals surface area contributed by atoms with Crippen LogP contribution in [-0.2, 0) is 0 Å². The molecular formula is C13H19N3O. The van der Waals surface area contributed by atoms with E-state index in [0.717, 1.165) is 12.5 Å². The molecule has 0 bridgehead atoms. The molecule has 1 aliphatic carbocycles. The molecule has 0 spiro atoms. The van der Waals surface area contributed by atoms with E-state index in [-0.39, 0.29) is 5.91 Å². The zero-order valence-electron chi connectivity index (χ0n) is 10.1. The van der Waals surface area contributed by atoms with E-state index in [1.165, 1.54) is 25.5 Å². The number of hydrogen-bond acceptors (Lipinski definition) is 3. The molecule has 2 atom stereocenters. The topological polar surface area (TPSA) is 68.0 Å². The normalized spacial score (nSPS) is 23.6. The fourth-order valence-electron chi connectivity index (χ4n) is 2.46. The largest absolute Gasteiger partial charge is 0.397 e. The van der Waals surface area contributed by atoms with Gasteiger partial charge in [0.25, 0.3) is 5.91 Å². The number of aromatic nitrogens is 1. The zero-order chi connectivity index (χ0) is 12.3. The first kappa shape index (κ1) is 11.9. The molecule has 4 nitrogen and oxygen atoms in total. The highest BCUT2D eigenvalue weighted by Gasteiger charge is 2.21. The molecule has 1 heterocycles. The van der Waals surface area contributed by atoms with Crippen molar-refractivity contribution in [2.45, 2.75) is 26.2 Å². The van der Waals surface area contributed by atoms with Crippen molar-refractivity contribution in [3.63, 3.8) is 0 Å². The van der Waals surface area contributed by atoms with E-state index in [9.17, 15) is 4.79 Å². The lowest BCUT2D eigenvalue weighted by Crippen LogP contribution is -2.29. The van der Waals surface area contributed by atoms with Gasteiger partial charge in [-0.1, -0.05) is 13.3 Å². The lowest BCUT2D eigenvalue weighted by Gasteiger charge is -2.11. The van der Waals surface area contributed by atoms with Crippen LogP contribution in [0.25, 0.3) is 0 Å². The number of nitrogens with one attached hydrogen (secondary N) is 1. The Balaban J connectivity index is 1.88. The summed E-state index contributed by atoms with van der Waals surface area (Å²) < 4.78 is 0. The molecule has 1 amide bonds. The summed E-state index contributed by atoms with van der Waals surface area (Å²) in [5, 5.41) is 2.96. The summed E-state index contributed by atoms with van der Waals surface area (Å²) in [7, 11) is 0. The van der Waals surface area contributed by atoms with Gasteiger partial charge in [-0.3, -0.25) is 9.78 Å². The average molecular weight is 233 g/mol. The van der Waals surface area contributed by atoms with Crippen LogP contribution < -0.4 is 11.1 Å². The van der Waals surface area contributed by atoms with Gasteiger partial charge in [0.05, 0.1) is 17.4 Å². The number of nitrogen functional groups attached to an aromatic ring is 1. The first-order valence-corrected chi connectivity index (χ1v) is 6.14. The van der Waals surface area contributed by atoms with Gasteiger partial charge in [-0.25, -0.2) is 0 Å². The van der Waals surface area contributed by atoms with Crippen LogP contribution in [0.1, 0.15) is 36.5 Å². The van der Waals surface area contributed by atoms with Gasteiger partial charge in [0, 0.05) is 12.7 Å². The van der Waals surface area contributed by atoms with E-state index in [1.54, 1.807) is 12.3 Å². The molecule has 17 heavy (non-hydrogen) atoms. The summed E-state index contributed by atoms with van der Waals surface area (Å²) in [5.74, 6) is 1.32. The fraction of sp³-hybridized carbons (Fsp3) is 0.538. The molecule has 1 saturated carbocycles. The van der Waals surface area contributed by atoms with Gasteiger partial charge in [0.2, 0.25) is 0 Å². The Labute approximate surface area is 102 Å². The van der Waals surface area contributed by atoms with Crippen LogP contribution in [0.3, 0.4) is 0 Å². The highest BCUT2D eigenvalue weighted by atomic mass is 16.1. The van der Waals surface area contributed by atoms with Crippen molar-refractivity contribution in [1.82, 2.24) is 10.3 Å². The number of pyridine rings is 1. The zero-order valence-corrected chi connectivity index (χ0v) is 10.1. The molecule has 1 fully saturated rings. The Hall–Kier alpha value is -1.58. The van der Waals surface area contributed by atoms with Crippen LogP contribution in [0.15, 0.2) is 18.5 Å². The lowest BCUT2D eigenvalue weighted by molar-refractivity contribution is 0.0948. The highest BCUT2D eigenvalue weighted by Crippen LogP contribution is 2.29. The molecule has 2 unspecified atom stereocenters. The van der Waals surface area contributed by atoms with Crippen molar-refractivity contribution < 1.29 is 4.79 Å². The second-order valence-corrected chi connectivity index (χ2v) is 4.96. The Morgan fingerprint density at radius 2 is 2.41 bits per heavy atom. The Kier molecular flexibility index (Phi) is 3.61. The number of nitrogens with two attached hydrogens (primary N) is 1. The van der Waals surface area contributed by atoms with E-state index in [4.69, 9.17) is 5.73 Å². The van der Waals surface area contributed by atoms with Crippen LogP contribution in [-0.4, -0.2) is 17.4 Å². The minimum atomic E-state index is -0.0931. The summed E-state index contributed by atoms with van der Waals surface area (Å²) in [6, 6.07) is 1.65. The van der Waals surface area contributed by atoms with E-state index in [0.29, 0.717) is 17.2 Å². The second-order valence-electron chi connectivity index (χ2n) is 4.96. The second kappa shape index (κ2) is 5.17. The number of anilines is 1. The Morgan fingerprint density at radius 3 is 3.06 bits per heavy atom. The smallest absolute Gasteiger partial charge is 0.253 e. The van der Waals surface area contributed by atoms with Gasteiger partial charge in [0.1, 0.15) is 0 Å². The molecule has 2 rings (SSSR count). The molecule has 0 saturated heterocycles. The van der Waals surface area contributed by atoms with E-state index in [2.05, 4.69) is 17.2 Å². The van der Waals surface area contributed by atoms with Crippen molar-refractivity contribution in [3.05, 3.63) is 24.0 Å². The van der Waals surface area contributed by atoms with Crippen molar-refractivity contribution in [2.75, 3.05) is 12.3 Å². The minimum Gasteiger partial charge on any atom is -0.397 e. The third kappa shape index (κ3) is 2.96. The van der Waals surface area contributed by atoms with E-state index in [1.807, 2.05) is 0 Å². The summed E-state index contributed by atoms with van der Waals surface area (Å²) in [6.07, 6.45) is 6.80. The summed E-state index contributed by atoms with van der Waals surface area (Å²) in [4.78, 5) is 15.8. The maximum absolute atomic E-state index is 11.9. The van der Waals surface area contributed by atoms with Crippen LogP contribution >= 0.6 is 0 Å². The number of rotatable bonds is 3. The van der Waals surface area contributed by atoms with Crippen LogP contribution in [0.5, 0.6) is 0 Å². The molecule has 1 aliphatic rings. The van der Waals surface area contributed by atoms with Gasteiger partial charge < -0.3 is 11.1 Å². The fourth-order valence-corrected chi connectivity index (χ4v) is 2.46. The molecule has 1 aromatic heterocycles. The number of carbonyl (C=O) groups excluding carboxylic acids is 1. The number of hydrogen-bond donors (Lipinski definition) is 2. The molecule has 0 radical (unpaired) electrons.